The molecule has 0 bridgehead atoms. The van der Waals surface area contributed by atoms with Crippen LogP contribution in [0.15, 0.2) is 48.0 Å². The smallest absolute Gasteiger partial charge is 0.295 e. The van der Waals surface area contributed by atoms with Crippen LogP contribution in [0.4, 0.5) is 5.69 Å². The number of Topliss-reactive ketones (excluding diaryl/α,β-unsaturated/α-hetero) is 1. The fraction of sp³-hybridized carbons (Fsp3) is 0.429. The first-order valence-corrected chi connectivity index (χ1v) is 12.4. The summed E-state index contributed by atoms with van der Waals surface area (Å²) in [5, 5.41) is 11.5. The van der Waals surface area contributed by atoms with Crippen LogP contribution in [0.25, 0.3) is 5.76 Å². The first-order chi connectivity index (χ1) is 16.5. The van der Waals surface area contributed by atoms with Gasteiger partial charge in [0.25, 0.3) is 11.7 Å². The second kappa shape index (κ2) is 9.16. The third-order valence-electron chi connectivity index (χ3n) is 7.48. The molecular formula is C28H32N2O4. The molecule has 1 saturated heterocycles. The van der Waals surface area contributed by atoms with Gasteiger partial charge in [0.05, 0.1) is 23.8 Å². The highest BCUT2D eigenvalue weighted by Crippen LogP contribution is 2.44. The molecule has 0 aromatic heterocycles. The molecule has 6 nitrogen and oxygen atoms in total. The number of likely N-dealkylation sites (tertiary alicyclic amines) is 1. The molecule has 1 N–H and O–H groups in total. The average molecular weight is 461 g/mol. The number of hydrogen-bond donors (Lipinski definition) is 1. The van der Waals surface area contributed by atoms with Crippen LogP contribution in [0.2, 0.25) is 0 Å². The summed E-state index contributed by atoms with van der Waals surface area (Å²) in [6.45, 7) is 3.45. The van der Waals surface area contributed by atoms with E-state index in [-0.39, 0.29) is 17.4 Å². The monoisotopic (exact) mass is 460 g/mol. The molecule has 2 heterocycles. The van der Waals surface area contributed by atoms with E-state index in [1.807, 2.05) is 43.4 Å². The highest BCUT2D eigenvalue weighted by atomic mass is 16.5. The summed E-state index contributed by atoms with van der Waals surface area (Å²) < 4.78 is 5.73. The van der Waals surface area contributed by atoms with Gasteiger partial charge in [-0.3, -0.25) is 9.59 Å². The number of ketones is 1. The summed E-state index contributed by atoms with van der Waals surface area (Å²) in [6.07, 6.45) is 5.93. The number of aliphatic hydroxyl groups excluding tert-OH is 1. The van der Waals surface area contributed by atoms with Crippen molar-refractivity contribution in [1.29, 1.82) is 0 Å². The molecule has 1 aliphatic carbocycles. The Bertz CT molecular complexity index is 1130. The van der Waals surface area contributed by atoms with E-state index in [4.69, 9.17) is 4.74 Å². The SMILES string of the molecule is CCc1ccc(C2/C(=C(/O)c3ccc4c(c3)N(C)CCO4)C(=O)C(=O)N2C2CCCCC2)cc1. The number of carbonyl (C=O) groups excluding carboxylic acids is 2. The number of likely N-dealkylation sites (N-methyl/N-ethyl adjacent to an activating group) is 1. The fourth-order valence-corrected chi connectivity index (χ4v) is 5.50. The van der Waals surface area contributed by atoms with Crippen molar-refractivity contribution in [1.82, 2.24) is 4.90 Å². The second-order valence-electron chi connectivity index (χ2n) is 9.55. The van der Waals surface area contributed by atoms with Gasteiger partial charge in [-0.1, -0.05) is 50.5 Å². The van der Waals surface area contributed by atoms with E-state index in [1.54, 1.807) is 11.0 Å². The molecule has 0 spiro atoms. The summed E-state index contributed by atoms with van der Waals surface area (Å²) in [6, 6.07) is 12.9. The number of amides is 1. The zero-order chi connectivity index (χ0) is 23.8. The minimum Gasteiger partial charge on any atom is -0.507 e. The van der Waals surface area contributed by atoms with Crippen molar-refractivity contribution in [3.63, 3.8) is 0 Å². The Morgan fingerprint density at radius 2 is 1.79 bits per heavy atom. The van der Waals surface area contributed by atoms with E-state index >= 15 is 0 Å². The normalized spacial score (nSPS) is 22.6. The Kier molecular flexibility index (Phi) is 6.07. The lowest BCUT2D eigenvalue weighted by Crippen LogP contribution is -2.40. The van der Waals surface area contributed by atoms with Crippen molar-refractivity contribution in [2.24, 2.45) is 0 Å². The highest BCUT2D eigenvalue weighted by Gasteiger charge is 2.48. The number of aryl methyl sites for hydroxylation is 1. The Labute approximate surface area is 200 Å². The predicted molar refractivity (Wildman–Crippen MR) is 132 cm³/mol. The molecule has 34 heavy (non-hydrogen) atoms. The van der Waals surface area contributed by atoms with Crippen LogP contribution in [0.3, 0.4) is 0 Å². The van der Waals surface area contributed by atoms with Crippen molar-refractivity contribution < 1.29 is 19.4 Å². The van der Waals surface area contributed by atoms with Gasteiger partial charge in [-0.15, -0.1) is 0 Å². The van der Waals surface area contributed by atoms with Gasteiger partial charge in [-0.2, -0.15) is 0 Å². The van der Waals surface area contributed by atoms with E-state index < -0.39 is 17.7 Å². The number of aliphatic hydroxyl groups is 1. The third-order valence-corrected chi connectivity index (χ3v) is 7.48. The maximum atomic E-state index is 13.4. The molecule has 2 aliphatic heterocycles. The lowest BCUT2D eigenvalue weighted by atomic mass is 9.90. The van der Waals surface area contributed by atoms with Gasteiger partial charge in [0.15, 0.2) is 0 Å². The van der Waals surface area contributed by atoms with Crippen molar-refractivity contribution in [3.8, 4) is 5.75 Å². The lowest BCUT2D eigenvalue weighted by molar-refractivity contribution is -0.141. The van der Waals surface area contributed by atoms with Crippen molar-refractivity contribution in [2.75, 3.05) is 25.1 Å². The molecule has 178 valence electrons. The van der Waals surface area contributed by atoms with Crippen LogP contribution in [0.5, 0.6) is 5.75 Å². The summed E-state index contributed by atoms with van der Waals surface area (Å²) in [7, 11) is 1.97. The predicted octanol–water partition coefficient (Wildman–Crippen LogP) is 4.83. The van der Waals surface area contributed by atoms with E-state index in [1.165, 1.54) is 5.56 Å². The molecule has 2 aromatic rings. The summed E-state index contributed by atoms with van der Waals surface area (Å²) in [5.74, 6) is -0.478. The van der Waals surface area contributed by atoms with Gasteiger partial charge < -0.3 is 19.6 Å². The maximum Gasteiger partial charge on any atom is 0.295 e. The van der Waals surface area contributed by atoms with E-state index in [0.29, 0.717) is 12.2 Å². The standard InChI is InChI=1S/C28H32N2O4/c1-3-18-9-11-19(12-10-18)25-24(27(32)28(33)30(25)21-7-5-4-6-8-21)26(31)20-13-14-23-22(17-20)29(2)15-16-34-23/h9-14,17,21,25,31H,3-8,15-16H2,1-2H3/b26-24-. The molecule has 6 heteroatoms. The quantitative estimate of drug-likeness (QED) is 0.402. The number of nitrogens with zero attached hydrogens (tertiary/aromatic N) is 2. The maximum absolute atomic E-state index is 13.4. The molecule has 3 aliphatic rings. The highest BCUT2D eigenvalue weighted by molar-refractivity contribution is 6.46. The Balaban J connectivity index is 1.63. The Hall–Kier alpha value is -3.28. The lowest BCUT2D eigenvalue weighted by Gasteiger charge is -2.35. The number of anilines is 1. The van der Waals surface area contributed by atoms with E-state index in [0.717, 1.165) is 62.1 Å². The second-order valence-corrected chi connectivity index (χ2v) is 9.55. The summed E-state index contributed by atoms with van der Waals surface area (Å²) in [4.78, 5) is 30.6. The average Bonchev–Trinajstić information content (AvgIpc) is 3.14. The van der Waals surface area contributed by atoms with Gasteiger partial charge in [0, 0.05) is 18.7 Å². The first-order valence-electron chi connectivity index (χ1n) is 12.4. The number of carbonyl (C=O) groups is 2. The fourth-order valence-electron chi connectivity index (χ4n) is 5.50. The van der Waals surface area contributed by atoms with Crippen molar-refractivity contribution in [2.45, 2.75) is 57.5 Å². The van der Waals surface area contributed by atoms with Crippen LogP contribution in [-0.4, -0.2) is 47.9 Å². The third kappa shape index (κ3) is 3.85. The topological polar surface area (TPSA) is 70.1 Å². The largest absolute Gasteiger partial charge is 0.507 e. The van der Waals surface area contributed by atoms with Gasteiger partial charge >= 0.3 is 0 Å². The van der Waals surface area contributed by atoms with E-state index in [2.05, 4.69) is 11.8 Å². The molecule has 2 aromatic carbocycles. The van der Waals surface area contributed by atoms with Crippen molar-refractivity contribution >= 4 is 23.1 Å². The molecule has 1 saturated carbocycles. The first kappa shape index (κ1) is 22.5. The number of rotatable bonds is 4. The van der Waals surface area contributed by atoms with Gasteiger partial charge in [-0.05, 0) is 48.6 Å². The number of benzene rings is 2. The van der Waals surface area contributed by atoms with Crippen LogP contribution in [0, 0.1) is 0 Å². The zero-order valence-electron chi connectivity index (χ0n) is 19.9. The summed E-state index contributed by atoms with van der Waals surface area (Å²) in [5.41, 5.74) is 3.62. The van der Waals surface area contributed by atoms with Crippen LogP contribution < -0.4 is 9.64 Å². The number of fused-ring (bicyclic) bond motifs is 1. The Morgan fingerprint density at radius 1 is 1.06 bits per heavy atom. The number of hydrogen-bond acceptors (Lipinski definition) is 5. The number of ether oxygens (including phenoxy) is 1. The van der Waals surface area contributed by atoms with Gasteiger partial charge in [-0.25, -0.2) is 0 Å². The molecule has 1 atom stereocenters. The Morgan fingerprint density at radius 3 is 2.50 bits per heavy atom. The van der Waals surface area contributed by atoms with Crippen LogP contribution in [0.1, 0.15) is 61.8 Å². The summed E-state index contributed by atoms with van der Waals surface area (Å²) >= 11 is 0. The van der Waals surface area contributed by atoms with Crippen molar-refractivity contribution in [3.05, 3.63) is 64.7 Å². The van der Waals surface area contributed by atoms with Crippen LogP contribution >= 0.6 is 0 Å². The molecular weight excluding hydrogens is 428 g/mol. The van der Waals surface area contributed by atoms with Gasteiger partial charge in [0.2, 0.25) is 0 Å². The molecule has 5 rings (SSSR count). The molecule has 2 fully saturated rings. The minimum absolute atomic E-state index is 0.00872. The zero-order valence-corrected chi connectivity index (χ0v) is 19.9. The minimum atomic E-state index is -0.602. The van der Waals surface area contributed by atoms with Gasteiger partial charge in [0.1, 0.15) is 18.1 Å². The molecule has 0 radical (unpaired) electrons. The van der Waals surface area contributed by atoms with Crippen LogP contribution in [-0.2, 0) is 16.0 Å². The van der Waals surface area contributed by atoms with E-state index in [9.17, 15) is 14.7 Å². The molecule has 1 amide bonds. The molecule has 1 unspecified atom stereocenters.